The molecule has 0 bridgehead atoms. The molecule has 0 spiro atoms. The van der Waals surface area contributed by atoms with Gasteiger partial charge in [0.05, 0.1) is 25.0 Å². The van der Waals surface area contributed by atoms with Crippen molar-refractivity contribution < 1.29 is 14.3 Å². The highest BCUT2D eigenvalue weighted by molar-refractivity contribution is 7.14. The summed E-state index contributed by atoms with van der Waals surface area (Å²) >= 11 is 2.95. The maximum atomic E-state index is 13.2. The lowest BCUT2D eigenvalue weighted by Crippen LogP contribution is -2.28. The van der Waals surface area contributed by atoms with E-state index in [0.717, 1.165) is 22.0 Å². The van der Waals surface area contributed by atoms with Crippen LogP contribution >= 0.6 is 22.7 Å². The molecule has 0 aliphatic rings. The van der Waals surface area contributed by atoms with Gasteiger partial charge in [0.15, 0.2) is 5.13 Å². The number of amides is 2. The van der Waals surface area contributed by atoms with Crippen LogP contribution in [-0.2, 0) is 16.1 Å². The Morgan fingerprint density at radius 3 is 2.38 bits per heavy atom. The molecule has 2 heterocycles. The summed E-state index contributed by atoms with van der Waals surface area (Å²) in [6, 6.07) is 20.7. The highest BCUT2D eigenvalue weighted by Crippen LogP contribution is 2.29. The van der Waals surface area contributed by atoms with Crippen molar-refractivity contribution in [1.82, 2.24) is 4.98 Å². The standard InChI is InChI=1S/C26H23N3O3S2/c1-19(30)29(22-7-4-3-5-8-22)26-27-20(18-34-26)10-15-25(31)28(17-24-9-6-16-33-24)21-11-13-23(32-2)14-12-21/h3-16,18H,17H2,1-2H3/b15-10+. The monoisotopic (exact) mass is 489 g/mol. The molecule has 4 rings (SSSR count). The predicted molar refractivity (Wildman–Crippen MR) is 139 cm³/mol. The first-order valence-electron chi connectivity index (χ1n) is 10.5. The molecule has 0 aliphatic heterocycles. The molecule has 8 heteroatoms. The predicted octanol–water partition coefficient (Wildman–Crippen LogP) is 6.14. The maximum absolute atomic E-state index is 13.2. The number of rotatable bonds is 8. The molecule has 34 heavy (non-hydrogen) atoms. The van der Waals surface area contributed by atoms with E-state index in [1.807, 2.05) is 77.5 Å². The fourth-order valence-corrected chi connectivity index (χ4v) is 4.87. The lowest BCUT2D eigenvalue weighted by atomic mass is 10.2. The molecule has 0 N–H and O–H groups in total. The number of carbonyl (C=O) groups excluding carboxylic acids is 2. The van der Waals surface area contributed by atoms with Crippen molar-refractivity contribution in [2.75, 3.05) is 16.9 Å². The number of hydrogen-bond acceptors (Lipinski definition) is 6. The van der Waals surface area contributed by atoms with Crippen LogP contribution in [0.4, 0.5) is 16.5 Å². The van der Waals surface area contributed by atoms with Gasteiger partial charge in [0.2, 0.25) is 5.91 Å². The number of benzene rings is 2. The summed E-state index contributed by atoms with van der Waals surface area (Å²) in [6.07, 6.45) is 3.19. The number of aromatic nitrogens is 1. The van der Waals surface area contributed by atoms with Gasteiger partial charge in [-0.15, -0.1) is 22.7 Å². The van der Waals surface area contributed by atoms with Gasteiger partial charge < -0.3 is 9.64 Å². The molecule has 172 valence electrons. The van der Waals surface area contributed by atoms with Crippen molar-refractivity contribution in [3.8, 4) is 5.75 Å². The fourth-order valence-electron chi connectivity index (χ4n) is 3.32. The van der Waals surface area contributed by atoms with Crippen LogP contribution in [0.2, 0.25) is 0 Å². The van der Waals surface area contributed by atoms with Gasteiger partial charge in [0.25, 0.3) is 5.91 Å². The molecule has 0 radical (unpaired) electrons. The number of methoxy groups -OCH3 is 1. The summed E-state index contributed by atoms with van der Waals surface area (Å²) in [7, 11) is 1.61. The highest BCUT2D eigenvalue weighted by Gasteiger charge is 2.18. The molecule has 2 amide bonds. The van der Waals surface area contributed by atoms with Gasteiger partial charge in [0, 0.05) is 28.9 Å². The summed E-state index contributed by atoms with van der Waals surface area (Å²) in [6.45, 7) is 1.96. The molecule has 2 aromatic heterocycles. The van der Waals surface area contributed by atoms with E-state index in [9.17, 15) is 9.59 Å². The largest absolute Gasteiger partial charge is 0.497 e. The fraction of sp³-hybridized carbons (Fsp3) is 0.115. The van der Waals surface area contributed by atoms with Gasteiger partial charge in [-0.2, -0.15) is 0 Å². The minimum atomic E-state index is -0.167. The average Bonchev–Trinajstić information content (AvgIpc) is 3.54. The minimum Gasteiger partial charge on any atom is -0.497 e. The Balaban J connectivity index is 1.55. The summed E-state index contributed by atoms with van der Waals surface area (Å²) in [5, 5.41) is 4.37. The second-order valence-corrected chi connectivity index (χ2v) is 9.15. The topological polar surface area (TPSA) is 62.7 Å². The molecular weight excluding hydrogens is 466 g/mol. The Hall–Kier alpha value is -3.75. The summed E-state index contributed by atoms with van der Waals surface area (Å²) in [5.41, 5.74) is 2.13. The van der Waals surface area contributed by atoms with E-state index in [2.05, 4.69) is 4.98 Å². The van der Waals surface area contributed by atoms with E-state index in [0.29, 0.717) is 17.4 Å². The number of nitrogens with zero attached hydrogens (tertiary/aromatic N) is 3. The van der Waals surface area contributed by atoms with Crippen LogP contribution < -0.4 is 14.5 Å². The number of anilines is 3. The summed E-state index contributed by atoms with van der Waals surface area (Å²) < 4.78 is 5.24. The van der Waals surface area contributed by atoms with Crippen LogP contribution in [0.3, 0.4) is 0 Å². The quantitative estimate of drug-likeness (QED) is 0.279. The molecule has 0 fully saturated rings. The number of hydrogen-bond donors (Lipinski definition) is 0. The van der Waals surface area contributed by atoms with Gasteiger partial charge >= 0.3 is 0 Å². The Morgan fingerprint density at radius 2 is 1.74 bits per heavy atom. The first-order valence-corrected chi connectivity index (χ1v) is 12.3. The molecule has 0 aliphatic carbocycles. The summed E-state index contributed by atoms with van der Waals surface area (Å²) in [4.78, 5) is 34.4. The number of thiophene rings is 1. The van der Waals surface area contributed by atoms with Crippen molar-refractivity contribution >= 4 is 57.1 Å². The third-order valence-electron chi connectivity index (χ3n) is 4.97. The molecule has 4 aromatic rings. The number of para-hydroxylation sites is 1. The third kappa shape index (κ3) is 5.59. The number of thiazole rings is 1. The zero-order chi connectivity index (χ0) is 23.9. The lowest BCUT2D eigenvalue weighted by molar-refractivity contribution is -0.116. The number of carbonyl (C=O) groups is 2. The summed E-state index contributed by atoms with van der Waals surface area (Å²) in [5.74, 6) is 0.430. The van der Waals surface area contributed by atoms with Crippen LogP contribution in [0.1, 0.15) is 17.5 Å². The molecule has 2 aromatic carbocycles. The minimum absolute atomic E-state index is 0.131. The van der Waals surface area contributed by atoms with E-state index < -0.39 is 0 Å². The van der Waals surface area contributed by atoms with Crippen molar-refractivity contribution in [2.24, 2.45) is 0 Å². The van der Waals surface area contributed by atoms with Crippen LogP contribution in [-0.4, -0.2) is 23.9 Å². The Morgan fingerprint density at radius 1 is 0.971 bits per heavy atom. The first-order chi connectivity index (χ1) is 16.5. The van der Waals surface area contributed by atoms with Gasteiger partial charge in [-0.05, 0) is 53.9 Å². The van der Waals surface area contributed by atoms with Crippen LogP contribution in [0.25, 0.3) is 6.08 Å². The molecule has 0 saturated carbocycles. The second kappa shape index (κ2) is 10.9. The molecule has 0 saturated heterocycles. The highest BCUT2D eigenvalue weighted by atomic mass is 32.1. The van der Waals surface area contributed by atoms with Crippen molar-refractivity contribution in [2.45, 2.75) is 13.5 Å². The molecule has 6 nitrogen and oxygen atoms in total. The van der Waals surface area contributed by atoms with Crippen LogP contribution in [0.15, 0.2) is 83.6 Å². The van der Waals surface area contributed by atoms with E-state index >= 15 is 0 Å². The number of ether oxygens (including phenoxy) is 1. The Bertz CT molecular complexity index is 1270. The van der Waals surface area contributed by atoms with Gasteiger partial charge in [-0.1, -0.05) is 24.3 Å². The molecule has 0 unspecified atom stereocenters. The Labute approximate surface area is 206 Å². The van der Waals surface area contributed by atoms with Gasteiger partial charge in [-0.25, -0.2) is 4.98 Å². The van der Waals surface area contributed by atoms with E-state index in [1.165, 1.54) is 24.3 Å². The zero-order valence-corrected chi connectivity index (χ0v) is 20.4. The normalized spacial score (nSPS) is 10.9. The second-order valence-electron chi connectivity index (χ2n) is 7.28. The maximum Gasteiger partial charge on any atom is 0.251 e. The van der Waals surface area contributed by atoms with Crippen LogP contribution in [0.5, 0.6) is 5.75 Å². The van der Waals surface area contributed by atoms with Crippen molar-refractivity contribution in [3.05, 3.63) is 94.1 Å². The first kappa shape index (κ1) is 23.4. The SMILES string of the molecule is COc1ccc(N(Cc2cccs2)C(=O)/C=C/c2csc(N(C(C)=O)c3ccccc3)n2)cc1. The zero-order valence-electron chi connectivity index (χ0n) is 18.8. The van der Waals surface area contributed by atoms with Crippen LogP contribution in [0, 0.1) is 0 Å². The smallest absolute Gasteiger partial charge is 0.251 e. The third-order valence-corrected chi connectivity index (χ3v) is 6.68. The molecule has 0 atom stereocenters. The molecular formula is C26H23N3O3S2. The van der Waals surface area contributed by atoms with E-state index in [4.69, 9.17) is 4.74 Å². The van der Waals surface area contributed by atoms with Gasteiger partial charge in [-0.3, -0.25) is 14.5 Å². The lowest BCUT2D eigenvalue weighted by Gasteiger charge is -2.21. The van der Waals surface area contributed by atoms with Crippen molar-refractivity contribution in [1.29, 1.82) is 0 Å². The Kier molecular flexibility index (Phi) is 7.51. The van der Waals surface area contributed by atoms with Crippen molar-refractivity contribution in [3.63, 3.8) is 0 Å². The van der Waals surface area contributed by atoms with E-state index in [1.54, 1.807) is 34.3 Å². The average molecular weight is 490 g/mol. The van der Waals surface area contributed by atoms with E-state index in [-0.39, 0.29) is 11.8 Å². The van der Waals surface area contributed by atoms with Gasteiger partial charge in [0.1, 0.15) is 5.75 Å².